The first kappa shape index (κ1) is 10.3. The molecule has 0 fully saturated rings. The Hall–Kier alpha value is -1.87. The molecule has 1 atom stereocenters. The highest BCUT2D eigenvalue weighted by Crippen LogP contribution is 2.35. The van der Waals surface area contributed by atoms with Crippen molar-refractivity contribution in [3.63, 3.8) is 0 Å². The molecule has 17 heavy (non-hydrogen) atoms. The van der Waals surface area contributed by atoms with Crippen molar-refractivity contribution >= 4 is 28.0 Å². The molecule has 2 aromatic carbocycles. The van der Waals surface area contributed by atoms with Gasteiger partial charge in [0.15, 0.2) is 0 Å². The molecule has 0 saturated heterocycles. The van der Waals surface area contributed by atoms with E-state index in [-0.39, 0.29) is 6.10 Å². The predicted molar refractivity (Wildman–Crippen MR) is 71.0 cm³/mol. The second kappa shape index (κ2) is 3.86. The molecule has 1 aliphatic rings. The lowest BCUT2D eigenvalue weighted by molar-refractivity contribution is 0.203. The maximum absolute atomic E-state index is 9.43. The number of hydrogen-bond donors (Lipinski definition) is 2. The standard InChI is InChI=1S/C14H14N2O/c1-9(17)8-13-15-11-6-2-4-10-5-3-7-12(16-13)14(10)11/h2-7,9,17H,8H2,1H3,(H,15,16). The van der Waals surface area contributed by atoms with Crippen molar-refractivity contribution in [2.45, 2.75) is 19.4 Å². The zero-order valence-corrected chi connectivity index (χ0v) is 9.64. The summed E-state index contributed by atoms with van der Waals surface area (Å²) in [5, 5.41) is 15.1. The third-order valence-electron chi connectivity index (χ3n) is 2.91. The average molecular weight is 226 g/mol. The minimum Gasteiger partial charge on any atom is -0.393 e. The number of nitrogens with zero attached hydrogens (tertiary/aromatic N) is 1. The van der Waals surface area contributed by atoms with Crippen LogP contribution in [0.25, 0.3) is 10.8 Å². The molecular weight excluding hydrogens is 212 g/mol. The lowest BCUT2D eigenvalue weighted by Crippen LogP contribution is -2.19. The van der Waals surface area contributed by atoms with E-state index in [1.807, 2.05) is 24.3 Å². The van der Waals surface area contributed by atoms with Crippen LogP contribution in [-0.2, 0) is 0 Å². The van der Waals surface area contributed by atoms with Crippen LogP contribution in [0.1, 0.15) is 13.3 Å². The molecule has 0 saturated carbocycles. The highest BCUT2D eigenvalue weighted by Gasteiger charge is 2.14. The monoisotopic (exact) mass is 226 g/mol. The van der Waals surface area contributed by atoms with Gasteiger partial charge in [0.2, 0.25) is 0 Å². The van der Waals surface area contributed by atoms with E-state index in [4.69, 9.17) is 0 Å². The van der Waals surface area contributed by atoms with E-state index >= 15 is 0 Å². The summed E-state index contributed by atoms with van der Waals surface area (Å²) in [5.41, 5.74) is 2.05. The molecule has 3 heteroatoms. The van der Waals surface area contributed by atoms with E-state index < -0.39 is 0 Å². The van der Waals surface area contributed by atoms with Gasteiger partial charge in [0, 0.05) is 17.5 Å². The highest BCUT2D eigenvalue weighted by molar-refractivity contribution is 6.13. The van der Waals surface area contributed by atoms with Gasteiger partial charge in [-0.25, -0.2) is 4.99 Å². The largest absolute Gasteiger partial charge is 0.393 e. The molecule has 1 heterocycles. The number of anilines is 1. The molecule has 2 N–H and O–H groups in total. The van der Waals surface area contributed by atoms with Gasteiger partial charge in [-0.15, -0.1) is 0 Å². The van der Waals surface area contributed by atoms with Crippen molar-refractivity contribution in [2.24, 2.45) is 4.99 Å². The van der Waals surface area contributed by atoms with Gasteiger partial charge in [-0.05, 0) is 24.4 Å². The fraction of sp³-hybridized carbons (Fsp3) is 0.214. The third kappa shape index (κ3) is 1.78. The lowest BCUT2D eigenvalue weighted by atomic mass is 10.0. The first-order chi connectivity index (χ1) is 8.24. The van der Waals surface area contributed by atoms with Crippen LogP contribution in [-0.4, -0.2) is 17.0 Å². The van der Waals surface area contributed by atoms with Crippen molar-refractivity contribution < 1.29 is 5.11 Å². The van der Waals surface area contributed by atoms with Gasteiger partial charge in [-0.3, -0.25) is 0 Å². The summed E-state index contributed by atoms with van der Waals surface area (Å²) >= 11 is 0. The van der Waals surface area contributed by atoms with Crippen molar-refractivity contribution in [3.05, 3.63) is 36.4 Å². The van der Waals surface area contributed by atoms with Gasteiger partial charge in [-0.2, -0.15) is 0 Å². The SMILES string of the molecule is CC(O)CC1=Nc2cccc3cccc(c23)N1. The van der Waals surface area contributed by atoms with Gasteiger partial charge in [0.05, 0.1) is 11.8 Å². The fourth-order valence-electron chi connectivity index (χ4n) is 2.22. The summed E-state index contributed by atoms with van der Waals surface area (Å²) in [4.78, 5) is 4.55. The average Bonchev–Trinajstić information content (AvgIpc) is 2.28. The van der Waals surface area contributed by atoms with Crippen LogP contribution in [0.3, 0.4) is 0 Å². The van der Waals surface area contributed by atoms with Crippen LogP contribution < -0.4 is 5.32 Å². The maximum Gasteiger partial charge on any atom is 0.109 e. The van der Waals surface area contributed by atoms with Crippen molar-refractivity contribution in [2.75, 3.05) is 5.32 Å². The molecule has 3 rings (SSSR count). The Labute approximate surface area is 99.8 Å². The summed E-state index contributed by atoms with van der Waals surface area (Å²) in [5.74, 6) is 0.825. The second-order valence-corrected chi connectivity index (χ2v) is 4.42. The summed E-state index contributed by atoms with van der Waals surface area (Å²) < 4.78 is 0. The predicted octanol–water partition coefficient (Wildman–Crippen LogP) is 3.07. The van der Waals surface area contributed by atoms with E-state index in [1.165, 1.54) is 5.39 Å². The van der Waals surface area contributed by atoms with E-state index in [9.17, 15) is 5.11 Å². The number of aliphatic imine (C=N–C) groups is 1. The minimum absolute atomic E-state index is 0.384. The molecule has 3 nitrogen and oxygen atoms in total. The zero-order chi connectivity index (χ0) is 11.8. The fourth-order valence-corrected chi connectivity index (χ4v) is 2.22. The van der Waals surface area contributed by atoms with Crippen LogP contribution in [0.4, 0.5) is 11.4 Å². The summed E-state index contributed by atoms with van der Waals surface area (Å²) in [7, 11) is 0. The third-order valence-corrected chi connectivity index (χ3v) is 2.91. The van der Waals surface area contributed by atoms with Gasteiger partial charge in [0.25, 0.3) is 0 Å². The Kier molecular flexibility index (Phi) is 2.34. The molecular formula is C14H14N2O. The first-order valence-corrected chi connectivity index (χ1v) is 5.78. The molecule has 86 valence electrons. The summed E-state index contributed by atoms with van der Waals surface area (Å²) in [6.45, 7) is 1.77. The molecule has 2 aromatic rings. The number of amidine groups is 1. The Morgan fingerprint density at radius 2 is 2.00 bits per heavy atom. The quantitative estimate of drug-likeness (QED) is 0.826. The van der Waals surface area contributed by atoms with Crippen LogP contribution in [0.2, 0.25) is 0 Å². The topological polar surface area (TPSA) is 44.6 Å². The van der Waals surface area contributed by atoms with E-state index in [0.29, 0.717) is 6.42 Å². The van der Waals surface area contributed by atoms with Gasteiger partial charge < -0.3 is 10.4 Å². The van der Waals surface area contributed by atoms with Crippen LogP contribution >= 0.6 is 0 Å². The number of nitrogens with one attached hydrogen (secondary N) is 1. The smallest absolute Gasteiger partial charge is 0.109 e. The molecule has 1 aliphatic heterocycles. The Bertz CT molecular complexity index is 597. The zero-order valence-electron chi connectivity index (χ0n) is 9.64. The van der Waals surface area contributed by atoms with Crippen molar-refractivity contribution in [3.8, 4) is 0 Å². The number of benzene rings is 2. The summed E-state index contributed by atoms with van der Waals surface area (Å²) in [6, 6.07) is 12.3. The second-order valence-electron chi connectivity index (χ2n) is 4.42. The molecule has 0 bridgehead atoms. The van der Waals surface area contributed by atoms with Gasteiger partial charge in [-0.1, -0.05) is 24.3 Å². The van der Waals surface area contributed by atoms with Crippen LogP contribution in [0.15, 0.2) is 41.4 Å². The van der Waals surface area contributed by atoms with E-state index in [2.05, 4.69) is 22.4 Å². The first-order valence-electron chi connectivity index (χ1n) is 5.78. The Balaban J connectivity index is 2.16. The van der Waals surface area contributed by atoms with E-state index in [1.54, 1.807) is 6.92 Å². The number of aliphatic hydroxyl groups is 1. The number of aliphatic hydroxyl groups excluding tert-OH is 1. The Morgan fingerprint density at radius 1 is 1.24 bits per heavy atom. The van der Waals surface area contributed by atoms with Gasteiger partial charge in [0.1, 0.15) is 5.84 Å². The van der Waals surface area contributed by atoms with Crippen molar-refractivity contribution in [1.82, 2.24) is 0 Å². The molecule has 0 aromatic heterocycles. The minimum atomic E-state index is -0.384. The lowest BCUT2D eigenvalue weighted by Gasteiger charge is -2.19. The van der Waals surface area contributed by atoms with Crippen molar-refractivity contribution in [1.29, 1.82) is 0 Å². The number of hydrogen-bond acceptors (Lipinski definition) is 3. The molecule has 0 amide bonds. The molecule has 1 unspecified atom stereocenters. The maximum atomic E-state index is 9.43. The highest BCUT2D eigenvalue weighted by atomic mass is 16.3. The summed E-state index contributed by atoms with van der Waals surface area (Å²) in [6.07, 6.45) is 0.163. The Morgan fingerprint density at radius 3 is 2.76 bits per heavy atom. The number of rotatable bonds is 2. The van der Waals surface area contributed by atoms with E-state index in [0.717, 1.165) is 22.6 Å². The molecule has 0 spiro atoms. The van der Waals surface area contributed by atoms with Crippen LogP contribution in [0.5, 0.6) is 0 Å². The molecule has 0 aliphatic carbocycles. The van der Waals surface area contributed by atoms with Gasteiger partial charge >= 0.3 is 0 Å². The van der Waals surface area contributed by atoms with Crippen LogP contribution in [0, 0.1) is 0 Å². The molecule has 0 radical (unpaired) electrons. The normalized spacial score (nSPS) is 15.3.